The molecule has 0 saturated heterocycles. The van der Waals surface area contributed by atoms with Crippen LogP contribution in [0.5, 0.6) is 0 Å². The first-order chi connectivity index (χ1) is 12.0. The molecule has 2 aromatic carbocycles. The summed E-state index contributed by atoms with van der Waals surface area (Å²) in [7, 11) is 0. The first-order valence-corrected chi connectivity index (χ1v) is 9.17. The molecule has 1 heterocycles. The number of hydrogen-bond acceptors (Lipinski definition) is 2. The standard InChI is InChI=1S/C18H14Br2FN3O/c1-2-17-14(10-22-24(17)13-6-4-12(21)5-7-13)18(25)23-16-8-3-11(19)9-15(16)20/h3-10H,2H2,1H3,(H,23,25). The minimum atomic E-state index is -0.313. The molecule has 7 heteroatoms. The quantitative estimate of drug-likeness (QED) is 0.563. The summed E-state index contributed by atoms with van der Waals surface area (Å²) in [5.74, 6) is -0.555. The minimum absolute atomic E-state index is 0.242. The van der Waals surface area contributed by atoms with Crippen LogP contribution in [0.3, 0.4) is 0 Å². The van der Waals surface area contributed by atoms with Crippen molar-refractivity contribution in [1.29, 1.82) is 0 Å². The van der Waals surface area contributed by atoms with Crippen molar-refractivity contribution in [2.75, 3.05) is 5.32 Å². The van der Waals surface area contributed by atoms with E-state index >= 15 is 0 Å². The largest absolute Gasteiger partial charge is 0.321 e. The second kappa shape index (κ2) is 7.49. The maximum absolute atomic E-state index is 13.1. The molecule has 0 atom stereocenters. The van der Waals surface area contributed by atoms with Crippen LogP contribution < -0.4 is 5.32 Å². The normalized spacial score (nSPS) is 10.7. The Morgan fingerprint density at radius 3 is 2.56 bits per heavy atom. The highest BCUT2D eigenvalue weighted by Crippen LogP contribution is 2.27. The van der Waals surface area contributed by atoms with Gasteiger partial charge >= 0.3 is 0 Å². The van der Waals surface area contributed by atoms with Gasteiger partial charge in [0.1, 0.15) is 5.82 Å². The third-order valence-electron chi connectivity index (χ3n) is 3.70. The van der Waals surface area contributed by atoms with E-state index in [2.05, 4.69) is 42.3 Å². The lowest BCUT2D eigenvalue weighted by molar-refractivity contribution is 0.102. The van der Waals surface area contributed by atoms with Crippen LogP contribution >= 0.6 is 31.9 Å². The highest BCUT2D eigenvalue weighted by atomic mass is 79.9. The van der Waals surface area contributed by atoms with Gasteiger partial charge in [-0.05, 0) is 64.8 Å². The third kappa shape index (κ3) is 3.82. The molecule has 0 fully saturated rings. The van der Waals surface area contributed by atoms with Crippen molar-refractivity contribution in [1.82, 2.24) is 9.78 Å². The van der Waals surface area contributed by atoms with Crippen LogP contribution in [-0.2, 0) is 6.42 Å². The fourth-order valence-corrected chi connectivity index (χ4v) is 3.64. The summed E-state index contributed by atoms with van der Waals surface area (Å²) in [5.41, 5.74) is 2.63. The van der Waals surface area contributed by atoms with E-state index in [0.717, 1.165) is 14.6 Å². The van der Waals surface area contributed by atoms with Gasteiger partial charge in [0.05, 0.1) is 28.8 Å². The van der Waals surface area contributed by atoms with Gasteiger partial charge in [-0.15, -0.1) is 0 Å². The molecule has 128 valence electrons. The number of hydrogen-bond donors (Lipinski definition) is 1. The van der Waals surface area contributed by atoms with E-state index in [0.29, 0.717) is 23.4 Å². The number of halogens is 3. The van der Waals surface area contributed by atoms with Crippen molar-refractivity contribution < 1.29 is 9.18 Å². The molecule has 0 spiro atoms. The zero-order chi connectivity index (χ0) is 18.0. The van der Waals surface area contributed by atoms with Gasteiger partial charge in [-0.3, -0.25) is 4.79 Å². The fraction of sp³-hybridized carbons (Fsp3) is 0.111. The van der Waals surface area contributed by atoms with Crippen LogP contribution in [0.15, 0.2) is 57.6 Å². The van der Waals surface area contributed by atoms with Crippen LogP contribution in [0, 0.1) is 5.82 Å². The second-order valence-electron chi connectivity index (χ2n) is 5.33. The molecule has 1 amide bonds. The van der Waals surface area contributed by atoms with Crippen molar-refractivity contribution in [2.24, 2.45) is 0 Å². The van der Waals surface area contributed by atoms with Crippen molar-refractivity contribution in [3.8, 4) is 5.69 Å². The number of aromatic nitrogens is 2. The monoisotopic (exact) mass is 465 g/mol. The number of carbonyl (C=O) groups is 1. The van der Waals surface area contributed by atoms with E-state index in [9.17, 15) is 9.18 Å². The number of rotatable bonds is 4. The molecule has 1 N–H and O–H groups in total. The number of nitrogens with one attached hydrogen (secondary N) is 1. The predicted molar refractivity (Wildman–Crippen MR) is 103 cm³/mol. The van der Waals surface area contributed by atoms with Gasteiger partial charge in [-0.2, -0.15) is 5.10 Å². The van der Waals surface area contributed by atoms with Crippen LogP contribution in [0.25, 0.3) is 5.69 Å². The summed E-state index contributed by atoms with van der Waals surface area (Å²) in [6, 6.07) is 11.5. The smallest absolute Gasteiger partial charge is 0.259 e. The summed E-state index contributed by atoms with van der Waals surface area (Å²) < 4.78 is 16.5. The zero-order valence-electron chi connectivity index (χ0n) is 13.3. The van der Waals surface area contributed by atoms with Crippen molar-refractivity contribution in [3.63, 3.8) is 0 Å². The first-order valence-electron chi connectivity index (χ1n) is 7.59. The lowest BCUT2D eigenvalue weighted by Crippen LogP contribution is -2.14. The third-order valence-corrected chi connectivity index (χ3v) is 4.85. The molecule has 0 aliphatic heterocycles. The Bertz CT molecular complexity index is 923. The maximum atomic E-state index is 13.1. The highest BCUT2D eigenvalue weighted by Gasteiger charge is 2.18. The van der Waals surface area contributed by atoms with Crippen LogP contribution in [0.2, 0.25) is 0 Å². The number of anilines is 1. The van der Waals surface area contributed by atoms with Crippen LogP contribution in [0.4, 0.5) is 10.1 Å². The van der Waals surface area contributed by atoms with E-state index < -0.39 is 0 Å². The summed E-state index contributed by atoms with van der Waals surface area (Å²) >= 11 is 6.81. The summed E-state index contributed by atoms with van der Waals surface area (Å²) in [4.78, 5) is 12.7. The molecule has 25 heavy (non-hydrogen) atoms. The van der Waals surface area contributed by atoms with E-state index in [4.69, 9.17) is 0 Å². The van der Waals surface area contributed by atoms with Gasteiger partial charge in [0, 0.05) is 8.95 Å². The first kappa shape index (κ1) is 17.8. The molecule has 0 radical (unpaired) electrons. The van der Waals surface area contributed by atoms with Crippen LogP contribution in [-0.4, -0.2) is 15.7 Å². The Balaban J connectivity index is 1.92. The fourth-order valence-electron chi connectivity index (χ4n) is 2.49. The molecular weight excluding hydrogens is 453 g/mol. The summed E-state index contributed by atoms with van der Waals surface area (Å²) in [6.45, 7) is 1.95. The molecule has 0 aliphatic carbocycles. The molecular formula is C18H14Br2FN3O. The van der Waals surface area contributed by atoms with Crippen LogP contribution in [0.1, 0.15) is 23.0 Å². The maximum Gasteiger partial charge on any atom is 0.259 e. The van der Waals surface area contributed by atoms with Gasteiger partial charge in [-0.1, -0.05) is 22.9 Å². The molecule has 4 nitrogen and oxygen atoms in total. The second-order valence-corrected chi connectivity index (χ2v) is 7.10. The number of benzene rings is 2. The number of amides is 1. The number of carbonyl (C=O) groups excluding carboxylic acids is 1. The lowest BCUT2D eigenvalue weighted by atomic mass is 10.2. The molecule has 0 saturated carbocycles. The Hall–Kier alpha value is -1.99. The zero-order valence-corrected chi connectivity index (χ0v) is 16.4. The van der Waals surface area contributed by atoms with Crippen molar-refractivity contribution in [2.45, 2.75) is 13.3 Å². The van der Waals surface area contributed by atoms with Gasteiger partial charge in [0.25, 0.3) is 5.91 Å². The van der Waals surface area contributed by atoms with Gasteiger partial charge in [0.2, 0.25) is 0 Å². The molecule has 0 bridgehead atoms. The average Bonchev–Trinajstić information content (AvgIpc) is 3.02. The topological polar surface area (TPSA) is 46.9 Å². The molecule has 0 aliphatic rings. The molecule has 3 rings (SSSR count). The van der Waals surface area contributed by atoms with Gasteiger partial charge in [0.15, 0.2) is 0 Å². The predicted octanol–water partition coefficient (Wildman–Crippen LogP) is 5.35. The Morgan fingerprint density at radius 1 is 1.20 bits per heavy atom. The van der Waals surface area contributed by atoms with E-state index in [1.165, 1.54) is 18.3 Å². The Morgan fingerprint density at radius 2 is 1.92 bits per heavy atom. The Kier molecular flexibility index (Phi) is 5.34. The molecule has 1 aromatic heterocycles. The lowest BCUT2D eigenvalue weighted by Gasteiger charge is -2.10. The Labute approximate surface area is 161 Å². The van der Waals surface area contributed by atoms with E-state index in [1.807, 2.05) is 25.1 Å². The molecule has 3 aromatic rings. The van der Waals surface area contributed by atoms with Crippen molar-refractivity contribution >= 4 is 43.5 Å². The SMILES string of the molecule is CCc1c(C(=O)Nc2ccc(Br)cc2Br)cnn1-c1ccc(F)cc1. The van der Waals surface area contributed by atoms with E-state index in [-0.39, 0.29) is 11.7 Å². The van der Waals surface area contributed by atoms with Crippen molar-refractivity contribution in [3.05, 3.63) is 74.7 Å². The minimum Gasteiger partial charge on any atom is -0.321 e. The van der Waals surface area contributed by atoms with E-state index in [1.54, 1.807) is 16.8 Å². The summed E-state index contributed by atoms with van der Waals surface area (Å²) in [5, 5.41) is 7.18. The van der Waals surface area contributed by atoms with Gasteiger partial charge in [-0.25, -0.2) is 9.07 Å². The molecule has 0 unspecified atom stereocenters. The average molecular weight is 467 g/mol. The summed E-state index contributed by atoms with van der Waals surface area (Å²) in [6.07, 6.45) is 2.14. The van der Waals surface area contributed by atoms with Gasteiger partial charge < -0.3 is 5.32 Å². The number of nitrogens with zero attached hydrogens (tertiary/aromatic N) is 2. The highest BCUT2D eigenvalue weighted by molar-refractivity contribution is 9.11.